The molecule has 0 aromatic carbocycles. The lowest BCUT2D eigenvalue weighted by molar-refractivity contribution is 0.376. The van der Waals surface area contributed by atoms with Gasteiger partial charge in [0.1, 0.15) is 0 Å². The molecule has 15 heavy (non-hydrogen) atoms. The molecule has 0 bridgehead atoms. The molecule has 2 aliphatic heterocycles. The van der Waals surface area contributed by atoms with Crippen LogP contribution in [0.5, 0.6) is 0 Å². The second-order valence-electron chi connectivity index (χ2n) is 5.32. The van der Waals surface area contributed by atoms with Gasteiger partial charge in [-0.1, -0.05) is 19.3 Å². The van der Waals surface area contributed by atoms with Gasteiger partial charge in [-0.25, -0.2) is 0 Å². The highest BCUT2D eigenvalue weighted by Crippen LogP contribution is 2.33. The highest BCUT2D eigenvalue weighted by molar-refractivity contribution is 7.38. The first-order valence-electron chi connectivity index (χ1n) is 6.86. The SMILES string of the molecule is C(CC1CCPCC1)CC1CCPCC1. The van der Waals surface area contributed by atoms with Crippen molar-refractivity contribution in [1.29, 1.82) is 0 Å². The average molecular weight is 244 g/mol. The smallest absolute Gasteiger partial charge is 0.0351 e. The molecule has 2 heteroatoms. The van der Waals surface area contributed by atoms with E-state index in [1.165, 1.54) is 17.2 Å². The van der Waals surface area contributed by atoms with Crippen LogP contribution in [0.1, 0.15) is 44.9 Å². The molecular formula is C13H26P2. The van der Waals surface area contributed by atoms with E-state index in [2.05, 4.69) is 0 Å². The van der Waals surface area contributed by atoms with Crippen molar-refractivity contribution in [3.63, 3.8) is 0 Å². The van der Waals surface area contributed by atoms with Crippen LogP contribution in [0.15, 0.2) is 0 Å². The van der Waals surface area contributed by atoms with E-state index in [1.54, 1.807) is 69.6 Å². The standard InChI is InChI=1S/C13H26P2/c1(2-12-4-8-14-9-5-12)3-13-6-10-15-11-7-13/h12-15H,1-11H2. The van der Waals surface area contributed by atoms with Crippen LogP contribution in [0.4, 0.5) is 0 Å². The zero-order valence-corrected chi connectivity index (χ0v) is 11.9. The fourth-order valence-electron chi connectivity index (χ4n) is 3.04. The Kier molecular flexibility index (Phi) is 5.94. The van der Waals surface area contributed by atoms with Gasteiger partial charge in [0, 0.05) is 0 Å². The lowest BCUT2D eigenvalue weighted by atomic mass is 9.91. The van der Waals surface area contributed by atoms with E-state index >= 15 is 0 Å². The van der Waals surface area contributed by atoms with Crippen molar-refractivity contribution in [3.05, 3.63) is 0 Å². The predicted molar refractivity (Wildman–Crippen MR) is 75.4 cm³/mol. The van der Waals surface area contributed by atoms with Crippen molar-refractivity contribution in [2.45, 2.75) is 44.9 Å². The minimum absolute atomic E-state index is 1.12. The summed E-state index contributed by atoms with van der Waals surface area (Å²) in [6.07, 6.45) is 17.1. The predicted octanol–water partition coefficient (Wildman–Crippen LogP) is 4.33. The van der Waals surface area contributed by atoms with Crippen molar-refractivity contribution >= 4 is 17.2 Å². The summed E-state index contributed by atoms with van der Waals surface area (Å²) in [5.74, 6) is 2.24. The number of hydrogen-bond donors (Lipinski definition) is 0. The Balaban J connectivity index is 1.53. The molecule has 2 heterocycles. The first kappa shape index (κ1) is 12.3. The van der Waals surface area contributed by atoms with Gasteiger partial charge in [-0.05, 0) is 62.2 Å². The first-order chi connectivity index (χ1) is 7.45. The molecule has 0 aromatic rings. The van der Waals surface area contributed by atoms with Crippen molar-refractivity contribution in [1.82, 2.24) is 0 Å². The van der Waals surface area contributed by atoms with Crippen molar-refractivity contribution < 1.29 is 0 Å². The summed E-state index contributed by atoms with van der Waals surface area (Å²) in [5.41, 5.74) is 0. The van der Waals surface area contributed by atoms with Crippen LogP contribution in [0.2, 0.25) is 0 Å². The summed E-state index contributed by atoms with van der Waals surface area (Å²) in [6.45, 7) is 0. The molecule has 0 amide bonds. The van der Waals surface area contributed by atoms with Crippen molar-refractivity contribution in [2.24, 2.45) is 11.8 Å². The van der Waals surface area contributed by atoms with Crippen LogP contribution in [0.25, 0.3) is 0 Å². The van der Waals surface area contributed by atoms with Gasteiger partial charge in [-0.2, -0.15) is 0 Å². The molecule has 0 N–H and O–H groups in total. The summed E-state index contributed by atoms with van der Waals surface area (Å²) in [7, 11) is 2.60. The fourth-order valence-corrected chi connectivity index (χ4v) is 5.99. The molecule has 2 fully saturated rings. The van der Waals surface area contributed by atoms with E-state index in [-0.39, 0.29) is 0 Å². The van der Waals surface area contributed by atoms with Crippen LogP contribution in [0.3, 0.4) is 0 Å². The Morgan fingerprint density at radius 3 is 1.47 bits per heavy atom. The second kappa shape index (κ2) is 7.24. The normalized spacial score (nSPS) is 36.0. The summed E-state index contributed by atoms with van der Waals surface area (Å²) in [5, 5.41) is 0. The molecule has 0 saturated carbocycles. The Bertz CT molecular complexity index is 140. The Labute approximate surface area is 98.9 Å². The molecule has 0 atom stereocenters. The molecule has 0 aromatic heterocycles. The van der Waals surface area contributed by atoms with E-state index in [9.17, 15) is 0 Å². The zero-order chi connectivity index (χ0) is 10.3. The molecule has 0 aliphatic carbocycles. The monoisotopic (exact) mass is 244 g/mol. The molecule has 88 valence electrons. The quantitative estimate of drug-likeness (QED) is 0.645. The minimum atomic E-state index is 1.12. The van der Waals surface area contributed by atoms with Gasteiger partial charge in [-0.3, -0.25) is 0 Å². The molecule has 2 saturated heterocycles. The van der Waals surface area contributed by atoms with Crippen LogP contribution >= 0.6 is 17.2 Å². The topological polar surface area (TPSA) is 0 Å². The third kappa shape index (κ3) is 4.70. The molecule has 0 unspecified atom stereocenters. The maximum Gasteiger partial charge on any atom is -0.0351 e. The van der Waals surface area contributed by atoms with Gasteiger partial charge < -0.3 is 0 Å². The van der Waals surface area contributed by atoms with E-state index in [0.29, 0.717) is 0 Å². The second-order valence-corrected chi connectivity index (χ2v) is 8.32. The zero-order valence-electron chi connectivity index (χ0n) is 9.93. The molecule has 2 aliphatic rings. The van der Waals surface area contributed by atoms with Crippen LogP contribution in [0, 0.1) is 11.8 Å². The molecule has 2 rings (SSSR count). The van der Waals surface area contributed by atoms with Gasteiger partial charge in [0.15, 0.2) is 0 Å². The van der Waals surface area contributed by atoms with E-state index in [4.69, 9.17) is 0 Å². The minimum Gasteiger partial charge on any atom is -0.122 e. The fraction of sp³-hybridized carbons (Fsp3) is 1.00. The summed E-state index contributed by atoms with van der Waals surface area (Å²) in [6, 6.07) is 0. The maximum absolute atomic E-state index is 1.56. The van der Waals surface area contributed by atoms with Crippen LogP contribution in [-0.2, 0) is 0 Å². The molecule has 0 nitrogen and oxygen atoms in total. The first-order valence-corrected chi connectivity index (χ1v) is 9.69. The third-order valence-corrected chi connectivity index (χ3v) is 6.71. The lowest BCUT2D eigenvalue weighted by Crippen LogP contribution is -2.11. The lowest BCUT2D eigenvalue weighted by Gasteiger charge is -2.24. The van der Waals surface area contributed by atoms with Crippen molar-refractivity contribution in [2.75, 3.05) is 24.6 Å². The Hall–Kier alpha value is 0.860. The van der Waals surface area contributed by atoms with Gasteiger partial charge in [0.2, 0.25) is 0 Å². The highest BCUT2D eigenvalue weighted by Gasteiger charge is 2.16. The van der Waals surface area contributed by atoms with Crippen molar-refractivity contribution in [3.8, 4) is 0 Å². The van der Waals surface area contributed by atoms with Gasteiger partial charge >= 0.3 is 0 Å². The van der Waals surface area contributed by atoms with Crippen LogP contribution < -0.4 is 0 Å². The Morgan fingerprint density at radius 2 is 1.07 bits per heavy atom. The molecular weight excluding hydrogens is 218 g/mol. The maximum atomic E-state index is 1.56. The van der Waals surface area contributed by atoms with E-state index in [1.807, 2.05) is 0 Å². The van der Waals surface area contributed by atoms with Gasteiger partial charge in [-0.15, -0.1) is 17.2 Å². The van der Waals surface area contributed by atoms with E-state index in [0.717, 1.165) is 11.8 Å². The third-order valence-electron chi connectivity index (χ3n) is 4.14. The van der Waals surface area contributed by atoms with E-state index < -0.39 is 0 Å². The molecule has 0 spiro atoms. The summed E-state index contributed by atoms with van der Waals surface area (Å²) < 4.78 is 0. The Morgan fingerprint density at radius 1 is 0.667 bits per heavy atom. The molecule has 0 radical (unpaired) electrons. The highest BCUT2D eigenvalue weighted by atomic mass is 31.1. The van der Waals surface area contributed by atoms with Crippen LogP contribution in [-0.4, -0.2) is 24.6 Å². The number of rotatable bonds is 4. The average Bonchev–Trinajstić information content (AvgIpc) is 2.32. The summed E-state index contributed by atoms with van der Waals surface area (Å²) in [4.78, 5) is 0. The van der Waals surface area contributed by atoms with Gasteiger partial charge in [0.25, 0.3) is 0 Å². The summed E-state index contributed by atoms with van der Waals surface area (Å²) >= 11 is 0. The number of hydrogen-bond acceptors (Lipinski definition) is 0. The largest absolute Gasteiger partial charge is 0.122 e. The van der Waals surface area contributed by atoms with Gasteiger partial charge in [0.05, 0.1) is 0 Å².